The van der Waals surface area contributed by atoms with Crippen molar-refractivity contribution in [1.29, 1.82) is 0 Å². The van der Waals surface area contributed by atoms with Crippen molar-refractivity contribution in [2.24, 2.45) is 0 Å². The smallest absolute Gasteiger partial charge is 0.272 e. The van der Waals surface area contributed by atoms with Gasteiger partial charge >= 0.3 is 0 Å². The van der Waals surface area contributed by atoms with Gasteiger partial charge in [0.15, 0.2) is 0 Å². The number of nitrogens with zero attached hydrogens (tertiary/aromatic N) is 1. The molecule has 0 saturated carbocycles. The number of aromatic nitrogens is 2. The third-order valence-corrected chi connectivity index (χ3v) is 3.13. The molecule has 0 amide bonds. The van der Waals surface area contributed by atoms with Gasteiger partial charge in [0.25, 0.3) is 11.1 Å². The highest BCUT2D eigenvalue weighted by Crippen LogP contribution is 2.22. The molecule has 0 aliphatic heterocycles. The molecule has 2 N–H and O–H groups in total. The topological polar surface area (TPSA) is 69.0 Å². The van der Waals surface area contributed by atoms with Gasteiger partial charge in [-0.1, -0.05) is 19.9 Å². The van der Waals surface area contributed by atoms with Gasteiger partial charge in [-0.3, -0.25) is 19.8 Å². The third kappa shape index (κ3) is 2.54. The second-order valence-corrected chi connectivity index (χ2v) is 4.59. The minimum atomic E-state index is -0.260. The minimum Gasteiger partial charge on any atom is -0.371 e. The van der Waals surface area contributed by atoms with E-state index in [2.05, 4.69) is 28.9 Å². The van der Waals surface area contributed by atoms with Gasteiger partial charge < -0.3 is 4.90 Å². The zero-order valence-corrected chi connectivity index (χ0v) is 11.3. The fourth-order valence-electron chi connectivity index (χ4n) is 2.37. The second-order valence-electron chi connectivity index (χ2n) is 4.59. The first-order chi connectivity index (χ1) is 9.19. The summed E-state index contributed by atoms with van der Waals surface area (Å²) in [4.78, 5) is 26.0. The van der Waals surface area contributed by atoms with E-state index in [0.717, 1.165) is 31.6 Å². The predicted octanol–water partition coefficient (Wildman–Crippen LogP) is 1.84. The van der Waals surface area contributed by atoms with Crippen molar-refractivity contribution in [3.8, 4) is 0 Å². The van der Waals surface area contributed by atoms with E-state index < -0.39 is 0 Å². The van der Waals surface area contributed by atoms with Crippen LogP contribution in [-0.4, -0.2) is 23.3 Å². The van der Waals surface area contributed by atoms with Crippen LogP contribution in [-0.2, 0) is 0 Å². The Morgan fingerprint density at radius 3 is 2.26 bits per heavy atom. The van der Waals surface area contributed by atoms with Gasteiger partial charge in [0.2, 0.25) is 0 Å². The fourth-order valence-corrected chi connectivity index (χ4v) is 2.37. The van der Waals surface area contributed by atoms with Crippen molar-refractivity contribution >= 4 is 16.5 Å². The van der Waals surface area contributed by atoms with Crippen LogP contribution in [0.15, 0.2) is 27.8 Å². The molecule has 2 rings (SSSR count). The van der Waals surface area contributed by atoms with E-state index in [0.29, 0.717) is 10.8 Å². The van der Waals surface area contributed by atoms with Crippen LogP contribution in [0.3, 0.4) is 0 Å². The van der Waals surface area contributed by atoms with Gasteiger partial charge in [-0.25, -0.2) is 0 Å². The maximum absolute atomic E-state index is 12.0. The molecule has 2 aromatic rings. The normalized spacial score (nSPS) is 10.8. The molecule has 0 fully saturated rings. The molecule has 1 heterocycles. The number of aromatic amines is 2. The molecule has 0 spiro atoms. The first-order valence-corrected chi connectivity index (χ1v) is 6.67. The lowest BCUT2D eigenvalue weighted by Crippen LogP contribution is -2.28. The summed E-state index contributed by atoms with van der Waals surface area (Å²) >= 11 is 0. The van der Waals surface area contributed by atoms with Crippen LogP contribution < -0.4 is 16.0 Å². The Morgan fingerprint density at radius 1 is 1.00 bits per heavy atom. The molecular formula is C14H19N3O2. The van der Waals surface area contributed by atoms with Gasteiger partial charge in [0.1, 0.15) is 0 Å². The lowest BCUT2D eigenvalue weighted by atomic mass is 10.1. The molecule has 102 valence electrons. The monoisotopic (exact) mass is 261 g/mol. The average molecular weight is 261 g/mol. The highest BCUT2D eigenvalue weighted by atomic mass is 16.1. The Labute approximate surface area is 111 Å². The van der Waals surface area contributed by atoms with Gasteiger partial charge in [-0.2, -0.15) is 0 Å². The molecule has 0 radical (unpaired) electrons. The van der Waals surface area contributed by atoms with E-state index in [1.165, 1.54) is 0 Å². The maximum Gasteiger partial charge on any atom is 0.272 e. The molecule has 1 aromatic carbocycles. The number of anilines is 1. The van der Waals surface area contributed by atoms with Crippen LogP contribution in [0.4, 0.5) is 5.69 Å². The molecule has 19 heavy (non-hydrogen) atoms. The Morgan fingerprint density at radius 2 is 1.63 bits per heavy atom. The molecule has 5 nitrogen and oxygen atoms in total. The average Bonchev–Trinajstić information content (AvgIpc) is 2.42. The standard InChI is InChI=1S/C14H19N3O2/c1-3-8-17(9-4-2)11-7-5-6-10-12(11)14(19)16-15-13(10)18/h5-7H,3-4,8-9H2,1-2H3,(H,15,18)(H,16,19). The zero-order chi connectivity index (χ0) is 13.8. The van der Waals surface area contributed by atoms with Crippen molar-refractivity contribution < 1.29 is 0 Å². The Balaban J connectivity index is 2.69. The molecule has 0 unspecified atom stereocenters. The van der Waals surface area contributed by atoms with Crippen LogP contribution in [0, 0.1) is 0 Å². The second kappa shape index (κ2) is 5.73. The molecule has 0 aliphatic rings. The van der Waals surface area contributed by atoms with Gasteiger partial charge in [0, 0.05) is 13.1 Å². The van der Waals surface area contributed by atoms with Crippen LogP contribution in [0.25, 0.3) is 10.8 Å². The largest absolute Gasteiger partial charge is 0.371 e. The lowest BCUT2D eigenvalue weighted by molar-refractivity contribution is 0.747. The highest BCUT2D eigenvalue weighted by Gasteiger charge is 2.13. The van der Waals surface area contributed by atoms with E-state index in [4.69, 9.17) is 0 Å². The summed E-state index contributed by atoms with van der Waals surface area (Å²) in [6, 6.07) is 5.41. The van der Waals surface area contributed by atoms with Gasteiger partial charge in [-0.15, -0.1) is 0 Å². The fraction of sp³-hybridized carbons (Fsp3) is 0.429. The molecular weight excluding hydrogens is 242 g/mol. The predicted molar refractivity (Wildman–Crippen MR) is 78.0 cm³/mol. The summed E-state index contributed by atoms with van der Waals surface area (Å²) < 4.78 is 0. The summed E-state index contributed by atoms with van der Waals surface area (Å²) in [6.07, 6.45) is 2.00. The van der Waals surface area contributed by atoms with Crippen LogP contribution in [0.2, 0.25) is 0 Å². The SMILES string of the molecule is CCCN(CCC)c1cccc2c(=O)[nH][nH]c(=O)c12. The molecule has 0 aliphatic carbocycles. The summed E-state index contributed by atoms with van der Waals surface area (Å²) in [5.74, 6) is 0. The summed E-state index contributed by atoms with van der Waals surface area (Å²) in [7, 11) is 0. The summed E-state index contributed by atoms with van der Waals surface area (Å²) in [6.45, 7) is 5.95. The van der Waals surface area contributed by atoms with Crippen molar-refractivity contribution in [2.45, 2.75) is 26.7 Å². The van der Waals surface area contributed by atoms with E-state index >= 15 is 0 Å². The number of fused-ring (bicyclic) bond motifs is 1. The lowest BCUT2D eigenvalue weighted by Gasteiger charge is -2.24. The Kier molecular flexibility index (Phi) is 4.04. The van der Waals surface area contributed by atoms with Crippen molar-refractivity contribution in [3.05, 3.63) is 38.9 Å². The van der Waals surface area contributed by atoms with Crippen molar-refractivity contribution in [2.75, 3.05) is 18.0 Å². The molecule has 1 aromatic heterocycles. The number of nitrogens with one attached hydrogen (secondary N) is 2. The number of rotatable bonds is 5. The Hall–Kier alpha value is -2.04. The van der Waals surface area contributed by atoms with Crippen LogP contribution >= 0.6 is 0 Å². The summed E-state index contributed by atoms with van der Waals surface area (Å²) in [5, 5.41) is 5.69. The number of H-pyrrole nitrogens is 2. The van der Waals surface area contributed by atoms with Crippen LogP contribution in [0.1, 0.15) is 26.7 Å². The van der Waals surface area contributed by atoms with E-state index in [1.807, 2.05) is 12.1 Å². The summed E-state index contributed by atoms with van der Waals surface area (Å²) in [5.41, 5.74) is 0.334. The Bertz CT molecular complexity index is 666. The van der Waals surface area contributed by atoms with E-state index in [9.17, 15) is 9.59 Å². The van der Waals surface area contributed by atoms with Crippen molar-refractivity contribution in [3.63, 3.8) is 0 Å². The van der Waals surface area contributed by atoms with E-state index in [1.54, 1.807) is 6.07 Å². The number of hydrogen-bond donors (Lipinski definition) is 2. The number of benzene rings is 1. The van der Waals surface area contributed by atoms with Gasteiger partial charge in [-0.05, 0) is 25.0 Å². The highest BCUT2D eigenvalue weighted by molar-refractivity contribution is 5.92. The number of hydrogen-bond acceptors (Lipinski definition) is 3. The van der Waals surface area contributed by atoms with E-state index in [-0.39, 0.29) is 11.1 Å². The first-order valence-electron chi connectivity index (χ1n) is 6.67. The maximum atomic E-state index is 12.0. The quantitative estimate of drug-likeness (QED) is 0.863. The van der Waals surface area contributed by atoms with Crippen molar-refractivity contribution in [1.82, 2.24) is 10.2 Å². The molecule has 0 atom stereocenters. The van der Waals surface area contributed by atoms with Gasteiger partial charge in [0.05, 0.1) is 16.5 Å². The molecule has 5 heteroatoms. The zero-order valence-electron chi connectivity index (χ0n) is 11.3. The van der Waals surface area contributed by atoms with Crippen LogP contribution in [0.5, 0.6) is 0 Å². The minimum absolute atomic E-state index is 0.248. The third-order valence-electron chi connectivity index (χ3n) is 3.13. The molecule has 0 saturated heterocycles. The first kappa shape index (κ1) is 13.4. The molecule has 0 bridgehead atoms.